The molecule has 2 aliphatic heterocycles. The van der Waals surface area contributed by atoms with Crippen molar-refractivity contribution in [3.63, 3.8) is 0 Å². The Morgan fingerprint density at radius 2 is 2.04 bits per heavy atom. The molecule has 0 aromatic heterocycles. The number of hydrogen-bond donors (Lipinski definition) is 1. The van der Waals surface area contributed by atoms with E-state index in [4.69, 9.17) is 10.00 Å². The van der Waals surface area contributed by atoms with Gasteiger partial charge in [0.2, 0.25) is 5.91 Å². The highest BCUT2D eigenvalue weighted by Gasteiger charge is 2.52. The second-order valence-corrected chi connectivity index (χ2v) is 6.61. The van der Waals surface area contributed by atoms with Gasteiger partial charge in [-0.3, -0.25) is 9.59 Å². The molecule has 1 unspecified atom stereocenters. The Morgan fingerprint density at radius 1 is 1.27 bits per heavy atom. The van der Waals surface area contributed by atoms with Gasteiger partial charge < -0.3 is 15.0 Å². The number of likely N-dealkylation sites (tertiary alicyclic amines) is 1. The largest absolute Gasteiger partial charge is 0.497 e. The number of amides is 2. The van der Waals surface area contributed by atoms with E-state index < -0.39 is 5.41 Å². The normalized spacial score (nSPS) is 20.6. The number of nitrogens with zero attached hydrogens (tertiary/aromatic N) is 2. The maximum atomic E-state index is 12.8. The first-order valence-electron chi connectivity index (χ1n) is 8.37. The lowest BCUT2D eigenvalue weighted by Gasteiger charge is -2.23. The fraction of sp³-hybridized carbons (Fsp3) is 0.250. The van der Waals surface area contributed by atoms with E-state index in [0.29, 0.717) is 36.4 Å². The van der Waals surface area contributed by atoms with Crippen LogP contribution in [0.4, 0.5) is 5.69 Å². The third kappa shape index (κ3) is 2.32. The van der Waals surface area contributed by atoms with Gasteiger partial charge in [0.15, 0.2) is 0 Å². The van der Waals surface area contributed by atoms with Gasteiger partial charge in [-0.15, -0.1) is 0 Å². The number of carbonyl (C=O) groups is 2. The van der Waals surface area contributed by atoms with Gasteiger partial charge in [0.25, 0.3) is 5.91 Å². The van der Waals surface area contributed by atoms with Crippen LogP contribution in [-0.2, 0) is 10.2 Å². The molecule has 2 aromatic rings. The average Bonchev–Trinajstić information content (AvgIpc) is 3.24. The number of nitrogens with one attached hydrogen (secondary N) is 1. The van der Waals surface area contributed by atoms with Crippen LogP contribution in [0, 0.1) is 11.3 Å². The van der Waals surface area contributed by atoms with Crippen molar-refractivity contribution in [2.24, 2.45) is 0 Å². The number of carbonyl (C=O) groups excluding carboxylic acids is 2. The molecule has 1 N–H and O–H groups in total. The van der Waals surface area contributed by atoms with Crippen molar-refractivity contribution in [2.75, 3.05) is 25.5 Å². The molecule has 2 aliphatic rings. The van der Waals surface area contributed by atoms with Crippen LogP contribution < -0.4 is 10.1 Å². The van der Waals surface area contributed by atoms with Crippen LogP contribution in [0.3, 0.4) is 0 Å². The highest BCUT2D eigenvalue weighted by molar-refractivity contribution is 6.07. The molecule has 6 nitrogen and oxygen atoms in total. The number of hydrogen-bond acceptors (Lipinski definition) is 4. The third-order valence-corrected chi connectivity index (χ3v) is 5.24. The van der Waals surface area contributed by atoms with Crippen molar-refractivity contribution in [3.05, 3.63) is 59.2 Å². The molecule has 6 heteroatoms. The molecule has 26 heavy (non-hydrogen) atoms. The first-order valence-corrected chi connectivity index (χ1v) is 8.37. The molecule has 2 amide bonds. The maximum Gasteiger partial charge on any atom is 0.253 e. The molecular weight excluding hydrogens is 330 g/mol. The van der Waals surface area contributed by atoms with Crippen molar-refractivity contribution < 1.29 is 14.3 Å². The lowest BCUT2D eigenvalue weighted by molar-refractivity contribution is -0.120. The van der Waals surface area contributed by atoms with Crippen LogP contribution in [-0.4, -0.2) is 36.9 Å². The standard InChI is InChI=1S/C20H17N3O3/c1-26-15-6-7-17-16(10-15)20(19(25)22-17)8-9-23(12-20)18(24)14-4-2-13(11-21)3-5-14/h2-7,10H,8-9,12H2,1H3,(H,22,25). The fourth-order valence-corrected chi connectivity index (χ4v) is 3.78. The zero-order chi connectivity index (χ0) is 18.3. The van der Waals surface area contributed by atoms with Crippen molar-refractivity contribution in [3.8, 4) is 11.8 Å². The highest BCUT2D eigenvalue weighted by Crippen LogP contribution is 2.45. The van der Waals surface area contributed by atoms with E-state index in [1.54, 1.807) is 36.3 Å². The van der Waals surface area contributed by atoms with E-state index in [2.05, 4.69) is 5.32 Å². The molecule has 0 aliphatic carbocycles. The molecule has 130 valence electrons. The molecule has 1 saturated heterocycles. The quantitative estimate of drug-likeness (QED) is 0.904. The van der Waals surface area contributed by atoms with Crippen molar-refractivity contribution in [1.29, 1.82) is 5.26 Å². The smallest absolute Gasteiger partial charge is 0.253 e. The molecular formula is C20H17N3O3. The Morgan fingerprint density at radius 3 is 2.73 bits per heavy atom. The Balaban J connectivity index is 1.63. The van der Waals surface area contributed by atoms with Gasteiger partial charge in [-0.05, 0) is 54.4 Å². The number of rotatable bonds is 2. The van der Waals surface area contributed by atoms with Gasteiger partial charge in [0.05, 0.1) is 24.2 Å². The van der Waals surface area contributed by atoms with E-state index in [-0.39, 0.29) is 11.8 Å². The molecule has 1 atom stereocenters. The summed E-state index contributed by atoms with van der Waals surface area (Å²) in [5, 5.41) is 11.8. The number of methoxy groups -OCH3 is 1. The Hall–Kier alpha value is -3.33. The predicted octanol–water partition coefficient (Wildman–Crippen LogP) is 2.30. The first-order chi connectivity index (χ1) is 12.6. The minimum atomic E-state index is -0.730. The van der Waals surface area contributed by atoms with E-state index in [1.165, 1.54) is 0 Å². The number of nitriles is 1. The average molecular weight is 347 g/mol. The van der Waals surface area contributed by atoms with Crippen molar-refractivity contribution in [2.45, 2.75) is 11.8 Å². The summed E-state index contributed by atoms with van der Waals surface area (Å²) < 4.78 is 5.30. The van der Waals surface area contributed by atoms with E-state index in [1.807, 2.05) is 24.3 Å². The molecule has 2 aromatic carbocycles. The summed E-state index contributed by atoms with van der Waals surface area (Å²) in [5.74, 6) is 0.489. The van der Waals surface area contributed by atoms with E-state index in [0.717, 1.165) is 11.3 Å². The Labute approximate surface area is 151 Å². The van der Waals surface area contributed by atoms with Gasteiger partial charge in [-0.1, -0.05) is 0 Å². The van der Waals surface area contributed by atoms with Crippen molar-refractivity contribution >= 4 is 17.5 Å². The topological polar surface area (TPSA) is 82.4 Å². The fourth-order valence-electron chi connectivity index (χ4n) is 3.78. The first kappa shape index (κ1) is 16.2. The molecule has 1 fully saturated rings. The summed E-state index contributed by atoms with van der Waals surface area (Å²) in [6.07, 6.45) is 0.570. The zero-order valence-electron chi connectivity index (χ0n) is 14.3. The van der Waals surface area contributed by atoms with E-state index >= 15 is 0 Å². The lowest BCUT2D eigenvalue weighted by Crippen LogP contribution is -2.39. The number of fused-ring (bicyclic) bond motifs is 2. The molecule has 2 heterocycles. The Kier molecular flexibility index (Phi) is 3.66. The molecule has 4 rings (SSSR count). The second kappa shape index (κ2) is 5.88. The Bertz CT molecular complexity index is 946. The lowest BCUT2D eigenvalue weighted by atomic mass is 9.81. The summed E-state index contributed by atoms with van der Waals surface area (Å²) in [4.78, 5) is 27.2. The molecule has 0 bridgehead atoms. The third-order valence-electron chi connectivity index (χ3n) is 5.24. The zero-order valence-corrected chi connectivity index (χ0v) is 14.3. The minimum absolute atomic E-state index is 0.0733. The van der Waals surface area contributed by atoms with Crippen LogP contribution >= 0.6 is 0 Å². The van der Waals surface area contributed by atoms with Gasteiger partial charge in [-0.25, -0.2) is 0 Å². The van der Waals surface area contributed by atoms with E-state index in [9.17, 15) is 9.59 Å². The van der Waals surface area contributed by atoms with Crippen LogP contribution in [0.5, 0.6) is 5.75 Å². The van der Waals surface area contributed by atoms with Gasteiger partial charge >= 0.3 is 0 Å². The van der Waals surface area contributed by atoms with Gasteiger partial charge in [0.1, 0.15) is 5.75 Å². The summed E-state index contributed by atoms with van der Waals surface area (Å²) in [6.45, 7) is 0.834. The maximum absolute atomic E-state index is 12.8. The molecule has 0 saturated carbocycles. The second-order valence-electron chi connectivity index (χ2n) is 6.61. The summed E-state index contributed by atoms with van der Waals surface area (Å²) in [6, 6.07) is 14.1. The van der Waals surface area contributed by atoms with Crippen LogP contribution in [0.15, 0.2) is 42.5 Å². The molecule has 0 radical (unpaired) electrons. The highest BCUT2D eigenvalue weighted by atomic mass is 16.5. The number of anilines is 1. The summed E-state index contributed by atoms with van der Waals surface area (Å²) in [7, 11) is 1.59. The number of benzene rings is 2. The SMILES string of the molecule is COc1ccc2c(c1)C1(CCN(C(=O)c3ccc(C#N)cc3)C1)C(=O)N2. The van der Waals surface area contributed by atoms with Crippen LogP contribution in [0.1, 0.15) is 27.9 Å². The van der Waals surface area contributed by atoms with Crippen LogP contribution in [0.2, 0.25) is 0 Å². The molecule has 1 spiro atoms. The van der Waals surface area contributed by atoms with Crippen molar-refractivity contribution in [1.82, 2.24) is 4.90 Å². The monoisotopic (exact) mass is 347 g/mol. The van der Waals surface area contributed by atoms with Gasteiger partial charge in [0, 0.05) is 24.3 Å². The summed E-state index contributed by atoms with van der Waals surface area (Å²) in [5.41, 5.74) is 1.97. The predicted molar refractivity (Wildman–Crippen MR) is 95.0 cm³/mol. The summed E-state index contributed by atoms with van der Waals surface area (Å²) >= 11 is 0. The van der Waals surface area contributed by atoms with Gasteiger partial charge in [-0.2, -0.15) is 5.26 Å². The number of ether oxygens (including phenoxy) is 1. The van der Waals surface area contributed by atoms with Crippen LogP contribution in [0.25, 0.3) is 0 Å². The minimum Gasteiger partial charge on any atom is -0.497 e.